The Labute approximate surface area is 111 Å². The van der Waals surface area contributed by atoms with Gasteiger partial charge in [-0.25, -0.2) is 4.79 Å². The summed E-state index contributed by atoms with van der Waals surface area (Å²) in [4.78, 5) is 15.6. The lowest BCUT2D eigenvalue weighted by molar-refractivity contribution is -0.148. The van der Waals surface area contributed by atoms with Gasteiger partial charge in [0, 0.05) is 19.1 Å². The zero-order valence-electron chi connectivity index (χ0n) is 12.4. The molecule has 0 rings (SSSR count). The molecule has 0 saturated heterocycles. The van der Waals surface area contributed by atoms with Gasteiger partial charge in [-0.2, -0.15) is 0 Å². The smallest absolute Gasteiger partial charge is 0.332 e. The normalized spacial score (nSPS) is 13.1. The minimum Gasteiger partial charge on any atom is -0.464 e. The predicted octanol–water partition coefficient (Wildman–Crippen LogP) is 0.838. The van der Waals surface area contributed by atoms with E-state index in [0.29, 0.717) is 19.3 Å². The third-order valence-electron chi connectivity index (χ3n) is 2.71. The lowest BCUT2D eigenvalue weighted by atomic mass is 10.2. The van der Waals surface area contributed by atoms with Crippen molar-refractivity contribution < 1.29 is 14.3 Å². The van der Waals surface area contributed by atoms with E-state index in [9.17, 15) is 4.79 Å². The number of likely N-dealkylation sites (N-methyl/N-ethyl adjacent to an activating group) is 2. The molecule has 1 atom stereocenters. The van der Waals surface area contributed by atoms with Crippen LogP contribution in [-0.4, -0.2) is 75.4 Å². The highest BCUT2D eigenvalue weighted by molar-refractivity contribution is 5.70. The van der Waals surface area contributed by atoms with Crippen molar-refractivity contribution >= 4 is 5.97 Å². The molecule has 0 N–H and O–H groups in total. The summed E-state index contributed by atoms with van der Waals surface area (Å²) in [6.07, 6.45) is 0. The number of esters is 1. The number of hydrogen-bond donors (Lipinski definition) is 0. The maximum absolute atomic E-state index is 11.1. The maximum Gasteiger partial charge on any atom is 0.332 e. The van der Waals surface area contributed by atoms with Crippen LogP contribution in [0, 0.1) is 0 Å². The summed E-state index contributed by atoms with van der Waals surface area (Å²) >= 11 is 0. The van der Waals surface area contributed by atoms with Gasteiger partial charge in [0.2, 0.25) is 0 Å². The Morgan fingerprint density at radius 3 is 2.44 bits per heavy atom. The Morgan fingerprint density at radius 2 is 1.94 bits per heavy atom. The second-order valence-electron chi connectivity index (χ2n) is 4.60. The number of rotatable bonds is 10. The Bertz CT molecular complexity index is 222. The van der Waals surface area contributed by atoms with E-state index in [-0.39, 0.29) is 12.6 Å². The third-order valence-corrected chi connectivity index (χ3v) is 2.71. The predicted molar refractivity (Wildman–Crippen MR) is 72.7 cm³/mol. The van der Waals surface area contributed by atoms with Crippen molar-refractivity contribution in [1.29, 1.82) is 0 Å². The average molecular weight is 260 g/mol. The molecule has 0 radical (unpaired) electrons. The zero-order valence-corrected chi connectivity index (χ0v) is 12.4. The van der Waals surface area contributed by atoms with Crippen molar-refractivity contribution in [2.24, 2.45) is 0 Å². The van der Waals surface area contributed by atoms with Crippen LogP contribution in [0.2, 0.25) is 0 Å². The van der Waals surface area contributed by atoms with E-state index >= 15 is 0 Å². The molecule has 108 valence electrons. The first-order chi connectivity index (χ1) is 8.51. The van der Waals surface area contributed by atoms with Gasteiger partial charge in [-0.1, -0.05) is 6.92 Å². The summed E-state index contributed by atoms with van der Waals surface area (Å²) in [5.41, 5.74) is 0. The minimum atomic E-state index is -0.290. The lowest BCUT2D eigenvalue weighted by Crippen LogP contribution is -2.41. The van der Waals surface area contributed by atoms with Crippen LogP contribution in [0.5, 0.6) is 0 Å². The molecular formula is C13H28N2O3. The van der Waals surface area contributed by atoms with Crippen molar-refractivity contribution in [3.05, 3.63) is 0 Å². The van der Waals surface area contributed by atoms with Crippen LogP contribution in [0.25, 0.3) is 0 Å². The molecule has 0 amide bonds. The molecule has 18 heavy (non-hydrogen) atoms. The molecule has 0 aliphatic carbocycles. The maximum atomic E-state index is 11.1. The Kier molecular flexibility index (Phi) is 9.92. The van der Waals surface area contributed by atoms with Gasteiger partial charge in [-0.3, -0.25) is 4.90 Å². The topological polar surface area (TPSA) is 42.0 Å². The monoisotopic (exact) mass is 260 g/mol. The molecule has 0 saturated carbocycles. The number of carbonyl (C=O) groups excluding carboxylic acids is 1. The molecule has 0 bridgehead atoms. The summed E-state index contributed by atoms with van der Waals surface area (Å²) < 4.78 is 10.1. The molecule has 0 heterocycles. The summed E-state index contributed by atoms with van der Waals surface area (Å²) in [5, 5.41) is 0. The van der Waals surface area contributed by atoms with Gasteiger partial charge in [0.1, 0.15) is 6.61 Å². The first kappa shape index (κ1) is 17.4. The molecule has 5 heteroatoms. The van der Waals surface area contributed by atoms with Gasteiger partial charge in [0.05, 0.1) is 13.2 Å². The molecule has 0 fully saturated rings. The molecule has 0 aromatic rings. The average Bonchev–Trinajstić information content (AvgIpc) is 2.28. The Balaban J connectivity index is 3.76. The minimum absolute atomic E-state index is 0.0491. The molecule has 5 nitrogen and oxygen atoms in total. The molecule has 0 aliphatic rings. The molecule has 1 unspecified atom stereocenters. The fraction of sp³-hybridized carbons (Fsp3) is 0.923. The molecule has 0 aromatic heterocycles. The van der Waals surface area contributed by atoms with Gasteiger partial charge < -0.3 is 14.4 Å². The fourth-order valence-electron chi connectivity index (χ4n) is 1.87. The van der Waals surface area contributed by atoms with Crippen molar-refractivity contribution in [3.8, 4) is 0 Å². The van der Waals surface area contributed by atoms with E-state index in [1.807, 2.05) is 0 Å². The van der Waals surface area contributed by atoms with E-state index in [0.717, 1.165) is 19.6 Å². The highest BCUT2D eigenvalue weighted by Gasteiger charge is 2.12. The van der Waals surface area contributed by atoms with E-state index < -0.39 is 0 Å². The van der Waals surface area contributed by atoms with Crippen LogP contribution in [0.4, 0.5) is 0 Å². The quantitative estimate of drug-likeness (QED) is 0.430. The van der Waals surface area contributed by atoms with E-state index in [1.54, 1.807) is 6.92 Å². The van der Waals surface area contributed by atoms with Crippen LogP contribution in [-0.2, 0) is 14.3 Å². The summed E-state index contributed by atoms with van der Waals surface area (Å²) in [6.45, 7) is 9.99. The first-order valence-electron chi connectivity index (χ1n) is 6.63. The van der Waals surface area contributed by atoms with Gasteiger partial charge >= 0.3 is 5.97 Å². The second-order valence-corrected chi connectivity index (χ2v) is 4.60. The third kappa shape index (κ3) is 8.44. The molecule has 0 aliphatic heterocycles. The highest BCUT2D eigenvalue weighted by Crippen LogP contribution is 2.00. The Hall–Kier alpha value is -0.650. The lowest BCUT2D eigenvalue weighted by Gasteiger charge is -2.29. The number of hydrogen-bond acceptors (Lipinski definition) is 5. The van der Waals surface area contributed by atoms with Crippen LogP contribution < -0.4 is 0 Å². The van der Waals surface area contributed by atoms with Gasteiger partial charge in [-0.05, 0) is 34.5 Å². The van der Waals surface area contributed by atoms with Crippen molar-refractivity contribution in [1.82, 2.24) is 9.80 Å². The van der Waals surface area contributed by atoms with Gasteiger partial charge in [-0.15, -0.1) is 0 Å². The zero-order chi connectivity index (χ0) is 14.0. The number of nitrogens with zero attached hydrogens (tertiary/aromatic N) is 2. The van der Waals surface area contributed by atoms with Crippen LogP contribution in [0.3, 0.4) is 0 Å². The summed E-state index contributed by atoms with van der Waals surface area (Å²) in [6, 6.07) is 0.483. The summed E-state index contributed by atoms with van der Waals surface area (Å²) in [5.74, 6) is -0.290. The van der Waals surface area contributed by atoms with E-state index in [4.69, 9.17) is 9.47 Å². The summed E-state index contributed by atoms with van der Waals surface area (Å²) in [7, 11) is 4.14. The van der Waals surface area contributed by atoms with Crippen molar-refractivity contribution in [3.63, 3.8) is 0 Å². The van der Waals surface area contributed by atoms with E-state index in [1.165, 1.54) is 0 Å². The number of ether oxygens (including phenoxy) is 2. The van der Waals surface area contributed by atoms with Crippen molar-refractivity contribution in [2.45, 2.75) is 26.8 Å². The van der Waals surface area contributed by atoms with Crippen LogP contribution in [0.15, 0.2) is 0 Å². The van der Waals surface area contributed by atoms with Crippen LogP contribution >= 0.6 is 0 Å². The van der Waals surface area contributed by atoms with Crippen LogP contribution in [0.1, 0.15) is 20.8 Å². The second kappa shape index (κ2) is 10.3. The number of carbonyl (C=O) groups is 1. The standard InChI is InChI=1S/C13H28N2O3/c1-6-15(12(3)10-14(4)5)8-9-17-11-13(16)18-7-2/h12H,6-11H2,1-5H3. The molecular weight excluding hydrogens is 232 g/mol. The largest absolute Gasteiger partial charge is 0.464 e. The highest BCUT2D eigenvalue weighted by atomic mass is 16.6. The van der Waals surface area contributed by atoms with Gasteiger partial charge in [0.25, 0.3) is 0 Å². The SMILES string of the molecule is CCOC(=O)COCCN(CC)C(C)CN(C)C. The van der Waals surface area contributed by atoms with E-state index in [2.05, 4.69) is 37.7 Å². The molecule has 0 spiro atoms. The fourth-order valence-corrected chi connectivity index (χ4v) is 1.87. The first-order valence-corrected chi connectivity index (χ1v) is 6.63. The van der Waals surface area contributed by atoms with Gasteiger partial charge in [0.15, 0.2) is 0 Å². The van der Waals surface area contributed by atoms with Crippen molar-refractivity contribution in [2.75, 3.05) is 53.6 Å². The Morgan fingerprint density at radius 1 is 1.28 bits per heavy atom. The molecule has 0 aromatic carbocycles.